The Kier molecular flexibility index (Phi) is 12.8. The van der Waals surface area contributed by atoms with Crippen molar-refractivity contribution in [2.45, 2.75) is 64.6 Å². The maximum Gasteiger partial charge on any atom is 0.191 e. The molecule has 0 atom stereocenters. The second-order valence-corrected chi connectivity index (χ2v) is 8.70. The fourth-order valence-corrected chi connectivity index (χ4v) is 4.29. The first-order valence-electron chi connectivity index (χ1n) is 12.0. The Bertz CT molecular complexity index is 625. The van der Waals surface area contributed by atoms with Crippen LogP contribution in [0.1, 0.15) is 56.6 Å². The second-order valence-electron chi connectivity index (χ2n) is 8.70. The van der Waals surface area contributed by atoms with Gasteiger partial charge in [0.1, 0.15) is 0 Å². The molecule has 176 valence electrons. The summed E-state index contributed by atoms with van der Waals surface area (Å²) >= 11 is 0. The molecule has 1 aromatic carbocycles. The lowest BCUT2D eigenvalue weighted by molar-refractivity contribution is 0.0823. The molecule has 0 saturated carbocycles. The molecule has 3 N–H and O–H groups in total. The summed E-state index contributed by atoms with van der Waals surface area (Å²) in [5.74, 6) is 0.893. The van der Waals surface area contributed by atoms with Gasteiger partial charge in [-0.1, -0.05) is 30.7 Å². The molecule has 0 radical (unpaired) electrons. The fourth-order valence-electron chi connectivity index (χ4n) is 4.29. The lowest BCUT2D eigenvalue weighted by atomic mass is 10.1. The molecule has 2 aliphatic heterocycles. The summed E-state index contributed by atoms with van der Waals surface area (Å²) in [7, 11) is 0. The summed E-state index contributed by atoms with van der Waals surface area (Å²) in [6.07, 6.45) is 6.89. The van der Waals surface area contributed by atoms with Crippen LogP contribution in [0, 0.1) is 0 Å². The second kappa shape index (κ2) is 15.0. The van der Waals surface area contributed by atoms with Crippen molar-refractivity contribution < 1.29 is 5.11 Å². The van der Waals surface area contributed by atoms with Gasteiger partial charge in [0.25, 0.3) is 0 Å². The van der Waals surface area contributed by atoms with E-state index in [1.54, 1.807) is 0 Å². The molecule has 7 heteroatoms. The Balaban J connectivity index is 0.00000341. The topological polar surface area (TPSA) is 63.1 Å². The number of aliphatic imine (C=N–C) groups is 1. The maximum absolute atomic E-state index is 9.61. The van der Waals surface area contributed by atoms with Crippen molar-refractivity contribution >= 4 is 29.9 Å². The number of guanidine groups is 1. The number of aliphatic hydroxyl groups is 1. The SMILES string of the molecule is CCNC(=NCc1ccc(CN2CCCCC2)cc1)NCCCN1CCC(O)CC1.I. The number of likely N-dealkylation sites (tertiary alicyclic amines) is 2. The number of hydrogen-bond acceptors (Lipinski definition) is 4. The van der Waals surface area contributed by atoms with Crippen molar-refractivity contribution in [1.82, 2.24) is 20.4 Å². The van der Waals surface area contributed by atoms with Crippen molar-refractivity contribution in [1.29, 1.82) is 0 Å². The summed E-state index contributed by atoms with van der Waals surface area (Å²) in [5, 5.41) is 16.4. The van der Waals surface area contributed by atoms with E-state index in [0.29, 0.717) is 6.54 Å². The lowest BCUT2D eigenvalue weighted by Crippen LogP contribution is -2.40. The van der Waals surface area contributed by atoms with E-state index in [1.807, 2.05) is 0 Å². The van der Waals surface area contributed by atoms with Crippen LogP contribution in [0.3, 0.4) is 0 Å². The minimum Gasteiger partial charge on any atom is -0.393 e. The highest BCUT2D eigenvalue weighted by atomic mass is 127. The first kappa shape index (κ1) is 26.4. The Morgan fingerprint density at radius 1 is 0.968 bits per heavy atom. The molecule has 0 aromatic heterocycles. The van der Waals surface area contributed by atoms with Crippen LogP contribution in [0.4, 0.5) is 0 Å². The molecule has 0 bridgehead atoms. The molecular formula is C24H42IN5O. The van der Waals surface area contributed by atoms with Gasteiger partial charge in [-0.25, -0.2) is 4.99 Å². The van der Waals surface area contributed by atoms with Crippen LogP contribution in [-0.2, 0) is 13.1 Å². The molecule has 0 amide bonds. The summed E-state index contributed by atoms with van der Waals surface area (Å²) in [5.41, 5.74) is 2.65. The number of rotatable bonds is 9. The summed E-state index contributed by atoms with van der Waals surface area (Å²) in [6, 6.07) is 8.96. The van der Waals surface area contributed by atoms with Gasteiger partial charge in [0.2, 0.25) is 0 Å². The van der Waals surface area contributed by atoms with Crippen LogP contribution >= 0.6 is 24.0 Å². The van der Waals surface area contributed by atoms with E-state index in [9.17, 15) is 5.11 Å². The zero-order valence-electron chi connectivity index (χ0n) is 19.2. The third kappa shape index (κ3) is 10.1. The number of halogens is 1. The molecule has 31 heavy (non-hydrogen) atoms. The van der Waals surface area contributed by atoms with Gasteiger partial charge in [0, 0.05) is 32.7 Å². The Hall–Kier alpha value is -0.900. The molecule has 0 aliphatic carbocycles. The zero-order chi connectivity index (χ0) is 21.0. The molecule has 2 aliphatic rings. The van der Waals surface area contributed by atoms with Gasteiger partial charge in [0.15, 0.2) is 5.96 Å². The maximum atomic E-state index is 9.61. The lowest BCUT2D eigenvalue weighted by Gasteiger charge is -2.29. The van der Waals surface area contributed by atoms with Crippen LogP contribution in [-0.4, -0.2) is 72.8 Å². The van der Waals surface area contributed by atoms with Gasteiger partial charge in [-0.3, -0.25) is 4.90 Å². The van der Waals surface area contributed by atoms with E-state index in [0.717, 1.165) is 64.5 Å². The minimum atomic E-state index is -0.0919. The van der Waals surface area contributed by atoms with Crippen LogP contribution in [0.15, 0.2) is 29.3 Å². The first-order chi connectivity index (χ1) is 14.7. The molecule has 2 fully saturated rings. The average molecular weight is 544 g/mol. The van der Waals surface area contributed by atoms with Gasteiger partial charge in [-0.05, 0) is 69.8 Å². The summed E-state index contributed by atoms with van der Waals surface area (Å²) in [4.78, 5) is 9.77. The molecule has 0 spiro atoms. The van der Waals surface area contributed by atoms with Crippen LogP contribution in [0.5, 0.6) is 0 Å². The summed E-state index contributed by atoms with van der Waals surface area (Å²) < 4.78 is 0. The molecule has 1 aromatic rings. The smallest absolute Gasteiger partial charge is 0.191 e. The third-order valence-corrected chi connectivity index (χ3v) is 6.14. The Morgan fingerprint density at radius 3 is 2.32 bits per heavy atom. The van der Waals surface area contributed by atoms with Crippen LogP contribution in [0.25, 0.3) is 0 Å². The zero-order valence-corrected chi connectivity index (χ0v) is 21.5. The first-order valence-corrected chi connectivity index (χ1v) is 12.0. The number of piperidine rings is 2. The van der Waals surface area contributed by atoms with E-state index in [2.05, 4.69) is 51.6 Å². The number of benzene rings is 1. The van der Waals surface area contributed by atoms with Gasteiger partial charge < -0.3 is 20.6 Å². The van der Waals surface area contributed by atoms with Gasteiger partial charge in [0.05, 0.1) is 12.6 Å². The highest BCUT2D eigenvalue weighted by molar-refractivity contribution is 14.0. The van der Waals surface area contributed by atoms with Crippen molar-refractivity contribution in [2.75, 3.05) is 45.8 Å². The van der Waals surface area contributed by atoms with Gasteiger partial charge in [-0.2, -0.15) is 0 Å². The highest BCUT2D eigenvalue weighted by Gasteiger charge is 2.16. The summed E-state index contributed by atoms with van der Waals surface area (Å²) in [6.45, 7) is 11.2. The fraction of sp³-hybridized carbons (Fsp3) is 0.708. The third-order valence-electron chi connectivity index (χ3n) is 6.14. The number of nitrogens with zero attached hydrogens (tertiary/aromatic N) is 3. The van der Waals surface area contributed by atoms with Crippen molar-refractivity contribution in [3.05, 3.63) is 35.4 Å². The molecule has 6 nitrogen and oxygen atoms in total. The standard InChI is InChI=1S/C24H41N5O.HI/c1-2-25-24(26-13-6-16-28-17-11-23(30)12-18-28)27-19-21-7-9-22(10-8-21)20-29-14-4-3-5-15-29;/h7-10,23,30H,2-6,11-20H2,1H3,(H2,25,26,27);1H. The van der Waals surface area contributed by atoms with Crippen molar-refractivity contribution in [3.8, 4) is 0 Å². The number of nitrogens with one attached hydrogen (secondary N) is 2. The molecule has 0 unspecified atom stereocenters. The molecule has 3 rings (SSSR count). The molecule has 2 saturated heterocycles. The van der Waals surface area contributed by atoms with Crippen molar-refractivity contribution in [3.63, 3.8) is 0 Å². The van der Waals surface area contributed by atoms with E-state index in [1.165, 1.54) is 43.5 Å². The van der Waals surface area contributed by atoms with E-state index >= 15 is 0 Å². The van der Waals surface area contributed by atoms with Gasteiger partial charge in [-0.15, -0.1) is 24.0 Å². The quantitative estimate of drug-likeness (QED) is 0.193. The normalized spacial score (nSPS) is 19.1. The highest BCUT2D eigenvalue weighted by Crippen LogP contribution is 2.14. The Morgan fingerprint density at radius 2 is 1.65 bits per heavy atom. The van der Waals surface area contributed by atoms with Crippen molar-refractivity contribution in [2.24, 2.45) is 4.99 Å². The van der Waals surface area contributed by atoms with E-state index in [-0.39, 0.29) is 30.1 Å². The predicted octanol–water partition coefficient (Wildman–Crippen LogP) is 3.19. The van der Waals surface area contributed by atoms with Crippen LogP contribution < -0.4 is 10.6 Å². The van der Waals surface area contributed by atoms with E-state index < -0.39 is 0 Å². The number of hydrogen-bond donors (Lipinski definition) is 3. The van der Waals surface area contributed by atoms with Crippen LogP contribution in [0.2, 0.25) is 0 Å². The monoisotopic (exact) mass is 543 g/mol. The number of aliphatic hydroxyl groups excluding tert-OH is 1. The largest absolute Gasteiger partial charge is 0.393 e. The Labute approximate surface area is 205 Å². The minimum absolute atomic E-state index is 0. The molecular weight excluding hydrogens is 501 g/mol. The average Bonchev–Trinajstić information content (AvgIpc) is 2.78. The van der Waals surface area contributed by atoms with E-state index in [4.69, 9.17) is 4.99 Å². The van der Waals surface area contributed by atoms with Gasteiger partial charge >= 0.3 is 0 Å². The molecule has 2 heterocycles. The predicted molar refractivity (Wildman–Crippen MR) is 140 cm³/mol.